The minimum absolute atomic E-state index is 0.0321. The number of hydrogen-bond acceptors (Lipinski definition) is 4. The van der Waals surface area contributed by atoms with E-state index in [1.165, 1.54) is 15.5 Å². The Hall–Kier alpha value is -0.660. The first-order valence-electron chi connectivity index (χ1n) is 6.11. The molecular weight excluding hydrogens is 256 g/mol. The van der Waals surface area contributed by atoms with Crippen LogP contribution in [0, 0.1) is 5.92 Å². The number of ether oxygens (including phenoxy) is 1. The van der Waals surface area contributed by atoms with E-state index in [2.05, 4.69) is 0 Å². The number of fused-ring (bicyclic) bond motifs is 1. The van der Waals surface area contributed by atoms with Crippen molar-refractivity contribution in [3.05, 3.63) is 0 Å². The molecule has 3 atom stereocenters. The standard InChI is InChI=1S/C11H20N2O4S/c1-12(2)11(14)9-6-8-4-5-13(18(3,15)16)7-10(8)17-9/h8-10H,4-7H2,1-3H3/t8-,9+,10-/m0/s1. The maximum Gasteiger partial charge on any atom is 0.251 e. The Kier molecular flexibility index (Phi) is 3.66. The summed E-state index contributed by atoms with van der Waals surface area (Å²) in [6.45, 7) is 0.910. The summed E-state index contributed by atoms with van der Waals surface area (Å²) < 4.78 is 30.1. The predicted molar refractivity (Wildman–Crippen MR) is 66.5 cm³/mol. The lowest BCUT2D eigenvalue weighted by molar-refractivity contribution is -0.140. The maximum absolute atomic E-state index is 11.8. The van der Waals surface area contributed by atoms with Crippen LogP contribution in [-0.2, 0) is 19.6 Å². The Morgan fingerprint density at radius 1 is 1.39 bits per heavy atom. The van der Waals surface area contributed by atoms with E-state index < -0.39 is 16.1 Å². The van der Waals surface area contributed by atoms with Gasteiger partial charge in [-0.2, -0.15) is 4.31 Å². The van der Waals surface area contributed by atoms with Crippen molar-refractivity contribution in [1.82, 2.24) is 9.21 Å². The van der Waals surface area contributed by atoms with Crippen molar-refractivity contribution in [2.45, 2.75) is 25.0 Å². The minimum atomic E-state index is -3.16. The van der Waals surface area contributed by atoms with Gasteiger partial charge in [-0.1, -0.05) is 0 Å². The highest BCUT2D eigenvalue weighted by Gasteiger charge is 2.43. The lowest BCUT2D eigenvalue weighted by atomic mass is 9.93. The van der Waals surface area contributed by atoms with E-state index in [1.807, 2.05) is 0 Å². The predicted octanol–water partition coefficient (Wildman–Crippen LogP) is -0.486. The van der Waals surface area contributed by atoms with Gasteiger partial charge in [-0.15, -0.1) is 0 Å². The van der Waals surface area contributed by atoms with E-state index >= 15 is 0 Å². The normalized spacial score (nSPS) is 33.2. The number of carbonyl (C=O) groups is 1. The number of likely N-dealkylation sites (N-methyl/N-ethyl adjacent to an activating group) is 1. The van der Waals surface area contributed by atoms with Crippen molar-refractivity contribution in [2.24, 2.45) is 5.92 Å². The lowest BCUT2D eigenvalue weighted by Gasteiger charge is -2.32. The minimum Gasteiger partial charge on any atom is -0.363 e. The van der Waals surface area contributed by atoms with Crippen molar-refractivity contribution < 1.29 is 17.9 Å². The second-order valence-corrected chi connectivity index (χ2v) is 7.28. The summed E-state index contributed by atoms with van der Waals surface area (Å²) in [7, 11) is 0.249. The molecule has 0 aliphatic carbocycles. The Labute approximate surface area is 108 Å². The molecular formula is C11H20N2O4S. The number of piperidine rings is 1. The SMILES string of the molecule is CN(C)C(=O)[C@H]1C[C@@H]2CCN(S(C)(=O)=O)C[C@@H]2O1. The molecule has 0 aromatic carbocycles. The van der Waals surface area contributed by atoms with Gasteiger partial charge in [0, 0.05) is 27.2 Å². The molecule has 2 fully saturated rings. The van der Waals surface area contributed by atoms with Gasteiger partial charge in [0.2, 0.25) is 10.0 Å². The average Bonchev–Trinajstić information content (AvgIpc) is 2.68. The second-order valence-electron chi connectivity index (χ2n) is 5.30. The topological polar surface area (TPSA) is 66.9 Å². The summed E-state index contributed by atoms with van der Waals surface area (Å²) in [5.41, 5.74) is 0. The molecule has 0 bridgehead atoms. The zero-order valence-electron chi connectivity index (χ0n) is 11.0. The van der Waals surface area contributed by atoms with Crippen LogP contribution < -0.4 is 0 Å². The number of carbonyl (C=O) groups excluding carboxylic acids is 1. The van der Waals surface area contributed by atoms with Gasteiger partial charge in [-0.05, 0) is 18.8 Å². The van der Waals surface area contributed by atoms with Gasteiger partial charge in [-0.3, -0.25) is 4.79 Å². The van der Waals surface area contributed by atoms with Gasteiger partial charge in [0.1, 0.15) is 6.10 Å². The number of nitrogens with zero attached hydrogens (tertiary/aromatic N) is 2. The Morgan fingerprint density at radius 2 is 2.06 bits per heavy atom. The fraction of sp³-hybridized carbons (Fsp3) is 0.909. The summed E-state index contributed by atoms with van der Waals surface area (Å²) in [5.74, 6) is 0.271. The van der Waals surface area contributed by atoms with Gasteiger partial charge in [0.05, 0.1) is 12.4 Å². The van der Waals surface area contributed by atoms with Gasteiger partial charge >= 0.3 is 0 Å². The van der Waals surface area contributed by atoms with E-state index in [0.29, 0.717) is 25.4 Å². The van der Waals surface area contributed by atoms with E-state index in [1.54, 1.807) is 14.1 Å². The molecule has 0 radical (unpaired) electrons. The first-order valence-corrected chi connectivity index (χ1v) is 7.95. The number of amides is 1. The average molecular weight is 276 g/mol. The number of sulfonamides is 1. The first kappa shape index (κ1) is 13.8. The molecule has 0 aromatic heterocycles. The van der Waals surface area contributed by atoms with Crippen LogP contribution in [0.5, 0.6) is 0 Å². The third-order valence-corrected chi connectivity index (χ3v) is 4.97. The Balaban J connectivity index is 2.02. The fourth-order valence-electron chi connectivity index (χ4n) is 2.65. The quantitative estimate of drug-likeness (QED) is 0.683. The van der Waals surface area contributed by atoms with Crippen LogP contribution in [0.25, 0.3) is 0 Å². The molecule has 18 heavy (non-hydrogen) atoms. The Morgan fingerprint density at radius 3 is 2.61 bits per heavy atom. The van der Waals surface area contributed by atoms with Crippen LogP contribution in [0.15, 0.2) is 0 Å². The molecule has 0 aromatic rings. The monoisotopic (exact) mass is 276 g/mol. The molecule has 2 saturated heterocycles. The molecule has 2 aliphatic rings. The molecule has 0 saturated carbocycles. The highest BCUT2D eigenvalue weighted by molar-refractivity contribution is 7.88. The highest BCUT2D eigenvalue weighted by atomic mass is 32.2. The van der Waals surface area contributed by atoms with Crippen LogP contribution in [0.2, 0.25) is 0 Å². The van der Waals surface area contributed by atoms with Crippen molar-refractivity contribution in [2.75, 3.05) is 33.4 Å². The lowest BCUT2D eigenvalue weighted by Crippen LogP contribution is -2.45. The number of hydrogen-bond donors (Lipinski definition) is 0. The Bertz CT molecular complexity index is 434. The van der Waals surface area contributed by atoms with Crippen molar-refractivity contribution in [3.8, 4) is 0 Å². The van der Waals surface area contributed by atoms with Crippen LogP contribution in [0.4, 0.5) is 0 Å². The third-order valence-electron chi connectivity index (χ3n) is 3.70. The van der Waals surface area contributed by atoms with Gasteiger partial charge < -0.3 is 9.64 Å². The van der Waals surface area contributed by atoms with Gasteiger partial charge in [0.15, 0.2) is 0 Å². The molecule has 0 unspecified atom stereocenters. The van der Waals surface area contributed by atoms with Crippen molar-refractivity contribution in [3.63, 3.8) is 0 Å². The summed E-state index contributed by atoms with van der Waals surface area (Å²) in [4.78, 5) is 13.4. The van der Waals surface area contributed by atoms with E-state index in [9.17, 15) is 13.2 Å². The summed E-state index contributed by atoms with van der Waals surface area (Å²) >= 11 is 0. The highest BCUT2D eigenvalue weighted by Crippen LogP contribution is 2.34. The molecule has 7 heteroatoms. The zero-order valence-corrected chi connectivity index (χ0v) is 11.8. The molecule has 0 N–H and O–H groups in total. The molecule has 2 rings (SSSR count). The van der Waals surface area contributed by atoms with Crippen molar-refractivity contribution >= 4 is 15.9 Å². The second kappa shape index (κ2) is 4.79. The van der Waals surface area contributed by atoms with Crippen LogP contribution in [0.1, 0.15) is 12.8 Å². The first-order chi connectivity index (χ1) is 8.29. The molecule has 6 nitrogen and oxygen atoms in total. The zero-order chi connectivity index (χ0) is 13.5. The summed E-state index contributed by atoms with van der Waals surface area (Å²) in [6, 6.07) is 0. The molecule has 2 heterocycles. The van der Waals surface area contributed by atoms with Crippen LogP contribution >= 0.6 is 0 Å². The van der Waals surface area contributed by atoms with Gasteiger partial charge in [0.25, 0.3) is 5.91 Å². The summed E-state index contributed by atoms with van der Waals surface area (Å²) in [6.07, 6.45) is 2.15. The molecule has 2 aliphatic heterocycles. The van der Waals surface area contributed by atoms with Crippen LogP contribution in [-0.4, -0.2) is 69.2 Å². The van der Waals surface area contributed by atoms with E-state index in [0.717, 1.165) is 6.42 Å². The molecule has 0 spiro atoms. The van der Waals surface area contributed by atoms with Crippen LogP contribution in [0.3, 0.4) is 0 Å². The largest absolute Gasteiger partial charge is 0.363 e. The van der Waals surface area contributed by atoms with Crippen molar-refractivity contribution in [1.29, 1.82) is 0 Å². The molecule has 1 amide bonds. The van der Waals surface area contributed by atoms with E-state index in [-0.39, 0.29) is 12.0 Å². The number of rotatable bonds is 2. The third kappa shape index (κ3) is 2.67. The smallest absolute Gasteiger partial charge is 0.251 e. The maximum atomic E-state index is 11.8. The summed E-state index contributed by atoms with van der Waals surface area (Å²) in [5, 5.41) is 0. The van der Waals surface area contributed by atoms with E-state index in [4.69, 9.17) is 4.74 Å². The fourth-order valence-corrected chi connectivity index (χ4v) is 3.51. The van der Waals surface area contributed by atoms with Gasteiger partial charge in [-0.25, -0.2) is 8.42 Å². The molecule has 104 valence electrons.